The van der Waals surface area contributed by atoms with E-state index in [2.05, 4.69) is 4.90 Å². The van der Waals surface area contributed by atoms with E-state index < -0.39 is 0 Å². The number of carbonyl (C=O) groups is 1. The fourth-order valence-electron chi connectivity index (χ4n) is 3.97. The maximum Gasteiger partial charge on any atom is 0.227 e. The van der Waals surface area contributed by atoms with Crippen LogP contribution < -0.4 is 0 Å². The van der Waals surface area contributed by atoms with Gasteiger partial charge in [0, 0.05) is 19.6 Å². The fraction of sp³-hybridized carbons (Fsp3) is 0.722. The molecule has 0 spiro atoms. The van der Waals surface area contributed by atoms with Gasteiger partial charge in [-0.05, 0) is 44.9 Å². The highest BCUT2D eigenvalue weighted by Gasteiger charge is 2.35. The van der Waals surface area contributed by atoms with E-state index in [0.717, 1.165) is 31.3 Å². The third kappa shape index (κ3) is 3.22. The first kappa shape index (κ1) is 15.6. The van der Waals surface area contributed by atoms with Crippen molar-refractivity contribution >= 4 is 5.91 Å². The average Bonchev–Trinajstić information content (AvgIpc) is 3.25. The van der Waals surface area contributed by atoms with Gasteiger partial charge in [-0.3, -0.25) is 9.69 Å². The Bertz CT molecular complexity index is 479. The van der Waals surface area contributed by atoms with Crippen LogP contribution in [-0.2, 0) is 4.79 Å². The van der Waals surface area contributed by atoms with Gasteiger partial charge in [0.15, 0.2) is 0 Å². The molecule has 1 aliphatic heterocycles. The monoisotopic (exact) mass is 304 g/mol. The average molecular weight is 304 g/mol. The van der Waals surface area contributed by atoms with Crippen molar-refractivity contribution in [2.24, 2.45) is 5.92 Å². The summed E-state index contributed by atoms with van der Waals surface area (Å²) in [6.07, 6.45) is 9.41. The lowest BCUT2D eigenvalue weighted by atomic mass is 9.94. The standard InChI is InChI=1S/C18H28N2O2/c1-14(17-9-6-12-22-17)19(2)18(21)15-10-11-20(13-15)16-7-4-3-5-8-16/h6,9,12,14-16H,3-5,7-8,10-11,13H2,1-2H3/t14-,15-/m1/s1. The normalized spacial score (nSPS) is 25.3. The molecular formula is C18H28N2O2. The number of furan rings is 1. The third-order valence-corrected chi connectivity index (χ3v) is 5.54. The number of nitrogens with zero attached hydrogens (tertiary/aromatic N) is 2. The minimum absolute atomic E-state index is 0.00577. The summed E-state index contributed by atoms with van der Waals surface area (Å²) < 4.78 is 5.44. The van der Waals surface area contributed by atoms with Crippen molar-refractivity contribution < 1.29 is 9.21 Å². The second kappa shape index (κ2) is 6.86. The molecule has 1 aromatic rings. The zero-order valence-electron chi connectivity index (χ0n) is 13.8. The minimum Gasteiger partial charge on any atom is -0.467 e. The Morgan fingerprint density at radius 3 is 2.77 bits per heavy atom. The summed E-state index contributed by atoms with van der Waals surface area (Å²) in [5.41, 5.74) is 0. The van der Waals surface area contributed by atoms with Crippen molar-refractivity contribution in [1.82, 2.24) is 9.80 Å². The first-order chi connectivity index (χ1) is 10.7. The summed E-state index contributed by atoms with van der Waals surface area (Å²) in [6.45, 7) is 4.06. The molecule has 2 heterocycles. The summed E-state index contributed by atoms with van der Waals surface area (Å²) in [6, 6.07) is 4.55. The van der Waals surface area contributed by atoms with E-state index in [1.165, 1.54) is 32.1 Å². The van der Waals surface area contributed by atoms with Gasteiger partial charge in [0.1, 0.15) is 5.76 Å². The summed E-state index contributed by atoms with van der Waals surface area (Å²) in [7, 11) is 1.90. The molecule has 1 saturated heterocycles. The highest BCUT2D eigenvalue weighted by molar-refractivity contribution is 5.79. The Balaban J connectivity index is 1.56. The van der Waals surface area contributed by atoms with E-state index in [1.807, 2.05) is 31.0 Å². The van der Waals surface area contributed by atoms with E-state index in [0.29, 0.717) is 0 Å². The van der Waals surface area contributed by atoms with Crippen molar-refractivity contribution in [3.05, 3.63) is 24.2 Å². The Morgan fingerprint density at radius 1 is 1.32 bits per heavy atom. The molecule has 0 unspecified atom stereocenters. The summed E-state index contributed by atoms with van der Waals surface area (Å²) in [5, 5.41) is 0. The van der Waals surface area contributed by atoms with Gasteiger partial charge in [0.2, 0.25) is 5.91 Å². The molecule has 0 radical (unpaired) electrons. The zero-order valence-corrected chi connectivity index (χ0v) is 13.8. The van der Waals surface area contributed by atoms with Crippen molar-refractivity contribution in [2.75, 3.05) is 20.1 Å². The quantitative estimate of drug-likeness (QED) is 0.855. The van der Waals surface area contributed by atoms with Crippen LogP contribution in [0.4, 0.5) is 0 Å². The molecule has 22 heavy (non-hydrogen) atoms. The number of carbonyl (C=O) groups excluding carboxylic acids is 1. The number of amides is 1. The number of rotatable bonds is 4. The first-order valence-corrected chi connectivity index (χ1v) is 8.71. The van der Waals surface area contributed by atoms with Crippen LogP contribution in [-0.4, -0.2) is 41.9 Å². The summed E-state index contributed by atoms with van der Waals surface area (Å²) >= 11 is 0. The molecule has 2 fully saturated rings. The lowest BCUT2D eigenvalue weighted by Crippen LogP contribution is -2.39. The van der Waals surface area contributed by atoms with E-state index in [-0.39, 0.29) is 17.9 Å². The first-order valence-electron chi connectivity index (χ1n) is 8.71. The van der Waals surface area contributed by atoms with Gasteiger partial charge in [-0.25, -0.2) is 0 Å². The fourth-order valence-corrected chi connectivity index (χ4v) is 3.97. The lowest BCUT2D eigenvalue weighted by molar-refractivity contribution is -0.136. The van der Waals surface area contributed by atoms with Crippen LogP contribution in [0.15, 0.2) is 22.8 Å². The van der Waals surface area contributed by atoms with Gasteiger partial charge in [0.05, 0.1) is 18.2 Å². The van der Waals surface area contributed by atoms with Crippen LogP contribution in [0.5, 0.6) is 0 Å². The Kier molecular flexibility index (Phi) is 4.87. The summed E-state index contributed by atoms with van der Waals surface area (Å²) in [5.74, 6) is 1.28. The van der Waals surface area contributed by atoms with Crippen LogP contribution >= 0.6 is 0 Å². The van der Waals surface area contributed by atoms with Gasteiger partial charge in [-0.2, -0.15) is 0 Å². The second-order valence-electron chi connectivity index (χ2n) is 6.91. The molecule has 0 aromatic carbocycles. The zero-order chi connectivity index (χ0) is 15.5. The van der Waals surface area contributed by atoms with E-state index in [9.17, 15) is 4.79 Å². The number of likely N-dealkylation sites (tertiary alicyclic amines) is 1. The molecule has 4 heteroatoms. The predicted octanol–water partition coefficient (Wildman–Crippen LogP) is 3.45. The number of hydrogen-bond acceptors (Lipinski definition) is 3. The second-order valence-corrected chi connectivity index (χ2v) is 6.91. The largest absolute Gasteiger partial charge is 0.467 e. The van der Waals surface area contributed by atoms with Crippen molar-refractivity contribution in [2.45, 2.75) is 57.5 Å². The molecule has 4 nitrogen and oxygen atoms in total. The highest BCUT2D eigenvalue weighted by atomic mass is 16.3. The Hall–Kier alpha value is -1.29. The van der Waals surface area contributed by atoms with E-state index in [4.69, 9.17) is 4.42 Å². The number of hydrogen-bond donors (Lipinski definition) is 0. The molecule has 122 valence electrons. The lowest BCUT2D eigenvalue weighted by Gasteiger charge is -2.31. The van der Waals surface area contributed by atoms with Gasteiger partial charge >= 0.3 is 0 Å². The Labute approximate surface area is 133 Å². The van der Waals surface area contributed by atoms with Crippen molar-refractivity contribution in [3.8, 4) is 0 Å². The van der Waals surface area contributed by atoms with Gasteiger partial charge in [0.25, 0.3) is 0 Å². The maximum atomic E-state index is 12.8. The van der Waals surface area contributed by atoms with Crippen molar-refractivity contribution in [1.29, 1.82) is 0 Å². The van der Waals surface area contributed by atoms with Crippen LogP contribution in [0.2, 0.25) is 0 Å². The SMILES string of the molecule is C[C@H](c1ccco1)N(C)C(=O)[C@@H]1CCN(C2CCCCC2)C1. The highest BCUT2D eigenvalue weighted by Crippen LogP contribution is 2.30. The summed E-state index contributed by atoms with van der Waals surface area (Å²) in [4.78, 5) is 17.2. The molecule has 1 aliphatic carbocycles. The molecule has 0 bridgehead atoms. The van der Waals surface area contributed by atoms with Crippen LogP contribution in [0.25, 0.3) is 0 Å². The van der Waals surface area contributed by atoms with Crippen LogP contribution in [0.1, 0.15) is 57.3 Å². The van der Waals surface area contributed by atoms with Gasteiger partial charge in [-0.15, -0.1) is 0 Å². The van der Waals surface area contributed by atoms with E-state index >= 15 is 0 Å². The smallest absolute Gasteiger partial charge is 0.227 e. The topological polar surface area (TPSA) is 36.7 Å². The third-order valence-electron chi connectivity index (χ3n) is 5.54. The van der Waals surface area contributed by atoms with E-state index in [1.54, 1.807) is 6.26 Å². The maximum absolute atomic E-state index is 12.8. The molecule has 2 aliphatic rings. The molecule has 2 atom stereocenters. The van der Waals surface area contributed by atoms with Crippen molar-refractivity contribution in [3.63, 3.8) is 0 Å². The Morgan fingerprint density at radius 2 is 2.09 bits per heavy atom. The molecule has 0 N–H and O–H groups in total. The molecule has 1 amide bonds. The van der Waals surface area contributed by atoms with Crippen LogP contribution in [0.3, 0.4) is 0 Å². The molecule has 3 rings (SSSR count). The van der Waals surface area contributed by atoms with Crippen LogP contribution in [0, 0.1) is 5.92 Å². The molecule has 1 aromatic heterocycles. The predicted molar refractivity (Wildman–Crippen MR) is 86.4 cm³/mol. The minimum atomic E-state index is 0.00577. The van der Waals surface area contributed by atoms with Gasteiger partial charge < -0.3 is 9.32 Å². The molecular weight excluding hydrogens is 276 g/mol. The molecule has 1 saturated carbocycles. The van der Waals surface area contributed by atoms with Gasteiger partial charge in [-0.1, -0.05) is 19.3 Å².